The third-order valence-corrected chi connectivity index (χ3v) is 6.23. The Bertz CT molecular complexity index is 1060. The van der Waals surface area contributed by atoms with Gasteiger partial charge in [-0.1, -0.05) is 53.7 Å². The van der Waals surface area contributed by atoms with Crippen molar-refractivity contribution in [3.8, 4) is 0 Å². The monoisotopic (exact) mass is 389 g/mol. The van der Waals surface area contributed by atoms with Crippen LogP contribution >= 0.6 is 11.8 Å². The minimum absolute atomic E-state index is 0.101. The molecule has 0 saturated carbocycles. The third-order valence-electron chi connectivity index (χ3n) is 5.01. The van der Waals surface area contributed by atoms with Gasteiger partial charge in [0.25, 0.3) is 0 Å². The van der Waals surface area contributed by atoms with Gasteiger partial charge in [-0.25, -0.2) is 0 Å². The largest absolute Gasteiger partial charge is 0.425 e. The molecular formula is C21H18F3NOS. The van der Waals surface area contributed by atoms with Crippen LogP contribution in [0.3, 0.4) is 0 Å². The number of fused-ring (bicyclic) bond motifs is 4. The molecule has 6 heteroatoms. The Labute approximate surface area is 159 Å². The Morgan fingerprint density at radius 1 is 0.963 bits per heavy atom. The molecule has 27 heavy (non-hydrogen) atoms. The highest BCUT2D eigenvalue weighted by Crippen LogP contribution is 2.56. The number of halogens is 3. The zero-order valence-corrected chi connectivity index (χ0v) is 15.9. The molecule has 1 heterocycles. The summed E-state index contributed by atoms with van der Waals surface area (Å²) in [5.74, 6) is 0. The summed E-state index contributed by atoms with van der Waals surface area (Å²) in [6, 6.07) is 13.5. The second-order valence-electron chi connectivity index (χ2n) is 7.02. The predicted octanol–water partition coefficient (Wildman–Crippen LogP) is 5.48. The van der Waals surface area contributed by atoms with Crippen molar-refractivity contribution in [1.29, 1.82) is 0 Å². The van der Waals surface area contributed by atoms with Crippen LogP contribution in [-0.4, -0.2) is 25.4 Å². The lowest BCUT2D eigenvalue weighted by Crippen LogP contribution is -2.45. The highest BCUT2D eigenvalue weighted by atomic mass is 32.2. The van der Waals surface area contributed by atoms with Crippen molar-refractivity contribution in [1.82, 2.24) is 0 Å². The average Bonchev–Trinajstić information content (AvgIpc) is 2.60. The van der Waals surface area contributed by atoms with Crippen LogP contribution in [0.15, 0.2) is 58.3 Å². The molecule has 0 amide bonds. The van der Waals surface area contributed by atoms with Crippen LogP contribution in [0.1, 0.15) is 16.7 Å². The molecule has 1 aliphatic rings. The normalized spacial score (nSPS) is 18.9. The Balaban J connectivity index is 2.10. The van der Waals surface area contributed by atoms with E-state index in [9.17, 15) is 18.3 Å². The summed E-state index contributed by atoms with van der Waals surface area (Å²) in [5.41, 5.74) is -1.65. The first-order valence-corrected chi connectivity index (χ1v) is 9.28. The molecule has 0 saturated heterocycles. The molecule has 2 nitrogen and oxygen atoms in total. The van der Waals surface area contributed by atoms with Crippen molar-refractivity contribution in [2.45, 2.75) is 28.5 Å². The molecule has 0 aliphatic carbocycles. The number of aliphatic hydroxyl groups is 1. The van der Waals surface area contributed by atoms with Gasteiger partial charge in [0.15, 0.2) is 0 Å². The summed E-state index contributed by atoms with van der Waals surface area (Å²) < 4.78 is 42.5. The molecular weight excluding hydrogens is 371 g/mol. The highest BCUT2D eigenvalue weighted by molar-refractivity contribution is 7.99. The molecule has 0 fully saturated rings. The van der Waals surface area contributed by atoms with Gasteiger partial charge in [0.05, 0.1) is 0 Å². The maximum absolute atomic E-state index is 14.2. The number of benzene rings is 3. The predicted molar refractivity (Wildman–Crippen MR) is 103 cm³/mol. The first-order valence-electron chi connectivity index (χ1n) is 8.46. The van der Waals surface area contributed by atoms with Gasteiger partial charge >= 0.3 is 6.18 Å². The van der Waals surface area contributed by atoms with Gasteiger partial charge in [0.1, 0.15) is 0 Å². The van der Waals surface area contributed by atoms with E-state index >= 15 is 0 Å². The van der Waals surface area contributed by atoms with Crippen molar-refractivity contribution in [3.63, 3.8) is 0 Å². The van der Waals surface area contributed by atoms with Gasteiger partial charge in [-0.3, -0.25) is 0 Å². The standard InChI is InChI=1S/C21H18F3NOS/c1-12-7-10-18-16(11-12)20(26,21(22,23)24)15-9-8-13-14(19(15)27-18)5-4-6-17(13)25(2)3/h4-11,26H,1-3H3. The number of hydrogen-bond donors (Lipinski definition) is 1. The summed E-state index contributed by atoms with van der Waals surface area (Å²) in [7, 11) is 3.79. The van der Waals surface area contributed by atoms with Crippen LogP contribution in [0.25, 0.3) is 10.8 Å². The van der Waals surface area contributed by atoms with Crippen LogP contribution < -0.4 is 4.90 Å². The number of anilines is 1. The second kappa shape index (κ2) is 5.91. The minimum Gasteiger partial charge on any atom is -0.377 e. The second-order valence-corrected chi connectivity index (χ2v) is 8.07. The number of hydrogen-bond acceptors (Lipinski definition) is 3. The van der Waals surface area contributed by atoms with Gasteiger partial charge in [0, 0.05) is 46.1 Å². The summed E-state index contributed by atoms with van der Waals surface area (Å²) >= 11 is 1.28. The first kappa shape index (κ1) is 18.2. The van der Waals surface area contributed by atoms with E-state index in [1.165, 1.54) is 23.9 Å². The van der Waals surface area contributed by atoms with E-state index in [1.54, 1.807) is 25.1 Å². The Hall–Kier alpha value is -2.18. The Morgan fingerprint density at radius 2 is 1.70 bits per heavy atom. The molecule has 4 rings (SSSR count). The van der Waals surface area contributed by atoms with E-state index in [4.69, 9.17) is 0 Å². The van der Waals surface area contributed by atoms with E-state index in [0.29, 0.717) is 20.7 Å². The summed E-state index contributed by atoms with van der Waals surface area (Å²) in [4.78, 5) is 2.80. The molecule has 140 valence electrons. The SMILES string of the molecule is Cc1ccc2c(c1)C(O)(C(F)(F)F)c1ccc3c(N(C)C)cccc3c1S2. The van der Waals surface area contributed by atoms with Crippen LogP contribution in [-0.2, 0) is 5.60 Å². The van der Waals surface area contributed by atoms with Crippen molar-refractivity contribution < 1.29 is 18.3 Å². The lowest BCUT2D eigenvalue weighted by Gasteiger charge is -2.38. The third kappa shape index (κ3) is 2.54. The van der Waals surface area contributed by atoms with Gasteiger partial charge in [0.2, 0.25) is 5.60 Å². The molecule has 0 radical (unpaired) electrons. The number of alkyl halides is 3. The summed E-state index contributed by atoms with van der Waals surface area (Å²) in [6.07, 6.45) is -4.84. The van der Waals surface area contributed by atoms with Gasteiger partial charge in [-0.2, -0.15) is 13.2 Å². The zero-order chi connectivity index (χ0) is 19.6. The molecule has 3 aromatic carbocycles. The molecule has 1 aliphatic heterocycles. The van der Waals surface area contributed by atoms with Gasteiger partial charge < -0.3 is 10.0 Å². The summed E-state index contributed by atoms with van der Waals surface area (Å²) in [5, 5.41) is 12.6. The van der Waals surface area contributed by atoms with E-state index in [1.807, 2.05) is 37.2 Å². The van der Waals surface area contributed by atoms with Crippen molar-refractivity contribution in [2.75, 3.05) is 19.0 Å². The zero-order valence-electron chi connectivity index (χ0n) is 15.1. The van der Waals surface area contributed by atoms with E-state index in [0.717, 1.165) is 11.1 Å². The van der Waals surface area contributed by atoms with Gasteiger partial charge in [-0.15, -0.1) is 0 Å². The molecule has 0 spiro atoms. The maximum Gasteiger partial charge on any atom is 0.425 e. The van der Waals surface area contributed by atoms with Crippen molar-refractivity contribution >= 4 is 28.2 Å². The topological polar surface area (TPSA) is 23.5 Å². The minimum atomic E-state index is -4.84. The fourth-order valence-corrected chi connectivity index (χ4v) is 4.96. The number of rotatable bonds is 1. The number of nitrogens with zero attached hydrogens (tertiary/aromatic N) is 1. The molecule has 1 atom stereocenters. The Morgan fingerprint density at radius 3 is 2.37 bits per heavy atom. The number of aryl methyl sites for hydroxylation is 1. The lowest BCUT2D eigenvalue weighted by atomic mass is 9.83. The fraction of sp³-hybridized carbons (Fsp3) is 0.238. The first-order chi connectivity index (χ1) is 12.6. The van der Waals surface area contributed by atoms with Crippen molar-refractivity contribution in [3.05, 3.63) is 65.2 Å². The highest BCUT2D eigenvalue weighted by Gasteiger charge is 2.59. The Kier molecular flexibility index (Phi) is 3.98. The average molecular weight is 389 g/mol. The van der Waals surface area contributed by atoms with E-state index < -0.39 is 11.8 Å². The van der Waals surface area contributed by atoms with Crippen LogP contribution in [0.2, 0.25) is 0 Å². The van der Waals surface area contributed by atoms with E-state index in [2.05, 4.69) is 0 Å². The van der Waals surface area contributed by atoms with Crippen LogP contribution in [0, 0.1) is 6.92 Å². The van der Waals surface area contributed by atoms with Gasteiger partial charge in [-0.05, 0) is 24.4 Å². The van der Waals surface area contributed by atoms with Crippen LogP contribution in [0.4, 0.5) is 18.9 Å². The maximum atomic E-state index is 14.2. The molecule has 0 bridgehead atoms. The summed E-state index contributed by atoms with van der Waals surface area (Å²) in [6.45, 7) is 1.72. The lowest BCUT2D eigenvalue weighted by molar-refractivity contribution is -0.250. The quantitative estimate of drug-likeness (QED) is 0.596. The van der Waals surface area contributed by atoms with Crippen LogP contribution in [0.5, 0.6) is 0 Å². The smallest absolute Gasteiger partial charge is 0.377 e. The fourth-order valence-electron chi connectivity index (χ4n) is 3.67. The molecule has 0 aromatic heterocycles. The molecule has 1 unspecified atom stereocenters. The van der Waals surface area contributed by atoms with E-state index in [-0.39, 0.29) is 11.1 Å². The molecule has 3 aromatic rings. The molecule has 1 N–H and O–H groups in total. The van der Waals surface area contributed by atoms with Crippen molar-refractivity contribution in [2.24, 2.45) is 0 Å².